The topological polar surface area (TPSA) is 75.4 Å². The van der Waals surface area contributed by atoms with Crippen LogP contribution in [-0.4, -0.2) is 57.0 Å². The van der Waals surface area contributed by atoms with E-state index >= 15 is 0 Å². The minimum Gasteiger partial charge on any atom is -0.338 e. The van der Waals surface area contributed by atoms with Crippen molar-refractivity contribution in [3.05, 3.63) is 64.2 Å². The summed E-state index contributed by atoms with van der Waals surface area (Å²) in [6.07, 6.45) is 3.39. The minimum absolute atomic E-state index is 0.0688. The summed E-state index contributed by atoms with van der Waals surface area (Å²) in [5.74, 6) is 0.996. The molecule has 1 aliphatic heterocycles. The number of benzene rings is 1. The molecule has 1 fully saturated rings. The number of halogens is 2. The molecule has 9 heteroatoms. The first-order valence-electron chi connectivity index (χ1n) is 8.79. The molecule has 0 spiro atoms. The standard InChI is InChI=1S/C19H17Cl2N5O2/c20-15-8-14(9-16(21)10-15)19(27)26-6-4-25(5-7-26)12-17-23-18(24-28-17)13-2-1-3-22-11-13/h1-3,8-11H,4-7,12H2. The Morgan fingerprint density at radius 3 is 2.54 bits per heavy atom. The molecule has 144 valence electrons. The van der Waals surface area contributed by atoms with Gasteiger partial charge in [0.05, 0.1) is 6.54 Å². The molecule has 0 saturated carbocycles. The van der Waals surface area contributed by atoms with Crippen LogP contribution in [0.5, 0.6) is 0 Å². The van der Waals surface area contributed by atoms with Gasteiger partial charge in [-0.3, -0.25) is 14.7 Å². The van der Waals surface area contributed by atoms with Crippen molar-refractivity contribution in [2.75, 3.05) is 26.2 Å². The van der Waals surface area contributed by atoms with Crippen molar-refractivity contribution in [3.63, 3.8) is 0 Å². The quantitative estimate of drug-likeness (QED) is 0.647. The van der Waals surface area contributed by atoms with E-state index in [1.165, 1.54) is 0 Å². The van der Waals surface area contributed by atoms with Gasteiger partial charge in [0, 0.05) is 59.7 Å². The maximum atomic E-state index is 12.7. The van der Waals surface area contributed by atoms with Gasteiger partial charge in [-0.15, -0.1) is 0 Å². The normalized spacial score (nSPS) is 15.0. The van der Waals surface area contributed by atoms with Crippen LogP contribution in [0.2, 0.25) is 10.0 Å². The zero-order chi connectivity index (χ0) is 19.5. The molecule has 3 aromatic rings. The third-order valence-electron chi connectivity index (χ3n) is 4.52. The number of carbonyl (C=O) groups excluding carboxylic acids is 1. The van der Waals surface area contributed by atoms with Crippen molar-refractivity contribution in [2.24, 2.45) is 0 Å². The Kier molecular flexibility index (Phi) is 5.57. The summed E-state index contributed by atoms with van der Waals surface area (Å²) in [6.45, 7) is 3.17. The van der Waals surface area contributed by atoms with Crippen LogP contribution in [0.4, 0.5) is 0 Å². The Bertz CT molecular complexity index is 951. The summed E-state index contributed by atoms with van der Waals surface area (Å²) in [4.78, 5) is 25.1. The predicted molar refractivity (Wildman–Crippen MR) is 105 cm³/mol. The number of aromatic nitrogens is 3. The first-order chi connectivity index (χ1) is 13.6. The van der Waals surface area contributed by atoms with Crippen molar-refractivity contribution in [3.8, 4) is 11.4 Å². The van der Waals surface area contributed by atoms with Gasteiger partial charge in [0.15, 0.2) is 0 Å². The van der Waals surface area contributed by atoms with Crippen molar-refractivity contribution < 1.29 is 9.32 Å². The van der Waals surface area contributed by atoms with Crippen LogP contribution >= 0.6 is 23.2 Å². The maximum absolute atomic E-state index is 12.7. The fourth-order valence-corrected chi connectivity index (χ4v) is 3.62. The van der Waals surface area contributed by atoms with E-state index < -0.39 is 0 Å². The van der Waals surface area contributed by atoms with E-state index in [-0.39, 0.29) is 5.91 Å². The molecule has 0 bridgehead atoms. The zero-order valence-electron chi connectivity index (χ0n) is 14.9. The van der Waals surface area contributed by atoms with Crippen molar-refractivity contribution >= 4 is 29.1 Å². The smallest absolute Gasteiger partial charge is 0.254 e. The van der Waals surface area contributed by atoms with Crippen LogP contribution in [-0.2, 0) is 6.54 Å². The average molecular weight is 418 g/mol. The molecule has 1 amide bonds. The van der Waals surface area contributed by atoms with E-state index in [0.717, 1.165) is 5.56 Å². The number of piperazine rings is 1. The van der Waals surface area contributed by atoms with Crippen LogP contribution in [0.1, 0.15) is 16.2 Å². The fourth-order valence-electron chi connectivity index (χ4n) is 3.09. The third kappa shape index (κ3) is 4.32. The zero-order valence-corrected chi connectivity index (χ0v) is 16.4. The second-order valence-corrected chi connectivity index (χ2v) is 7.35. The minimum atomic E-state index is -0.0688. The Morgan fingerprint density at radius 2 is 1.86 bits per heavy atom. The number of hydrogen-bond acceptors (Lipinski definition) is 6. The van der Waals surface area contributed by atoms with Crippen molar-refractivity contribution in [1.29, 1.82) is 0 Å². The molecule has 0 atom stereocenters. The van der Waals surface area contributed by atoms with Gasteiger partial charge in [-0.05, 0) is 30.3 Å². The Balaban J connectivity index is 1.34. The van der Waals surface area contributed by atoms with E-state index in [0.29, 0.717) is 60.0 Å². The molecule has 0 radical (unpaired) electrons. The van der Waals surface area contributed by atoms with Crippen LogP contribution in [0.15, 0.2) is 47.2 Å². The van der Waals surface area contributed by atoms with E-state index in [2.05, 4.69) is 20.0 Å². The Morgan fingerprint density at radius 1 is 1.11 bits per heavy atom. The number of carbonyl (C=O) groups is 1. The van der Waals surface area contributed by atoms with E-state index in [1.807, 2.05) is 12.1 Å². The monoisotopic (exact) mass is 417 g/mol. The van der Waals surface area contributed by atoms with Gasteiger partial charge in [0.25, 0.3) is 5.91 Å². The van der Waals surface area contributed by atoms with Gasteiger partial charge in [-0.25, -0.2) is 0 Å². The second-order valence-electron chi connectivity index (χ2n) is 6.48. The van der Waals surface area contributed by atoms with Gasteiger partial charge in [0.2, 0.25) is 11.7 Å². The highest BCUT2D eigenvalue weighted by Gasteiger charge is 2.24. The van der Waals surface area contributed by atoms with Gasteiger partial charge >= 0.3 is 0 Å². The van der Waals surface area contributed by atoms with Gasteiger partial charge in [-0.2, -0.15) is 4.98 Å². The molecule has 0 unspecified atom stereocenters. The first-order valence-corrected chi connectivity index (χ1v) is 9.55. The van der Waals surface area contributed by atoms with Gasteiger partial charge in [0.1, 0.15) is 0 Å². The molecule has 0 aliphatic carbocycles. The SMILES string of the molecule is O=C(c1cc(Cl)cc(Cl)c1)N1CCN(Cc2nc(-c3cccnc3)no2)CC1. The lowest BCUT2D eigenvalue weighted by Crippen LogP contribution is -2.48. The van der Waals surface area contributed by atoms with Crippen molar-refractivity contribution in [2.45, 2.75) is 6.54 Å². The third-order valence-corrected chi connectivity index (χ3v) is 4.95. The summed E-state index contributed by atoms with van der Waals surface area (Å²) in [5, 5.41) is 4.92. The molecule has 0 N–H and O–H groups in total. The molecule has 1 aromatic carbocycles. The van der Waals surface area contributed by atoms with E-state index in [9.17, 15) is 4.79 Å². The van der Waals surface area contributed by atoms with E-state index in [4.69, 9.17) is 27.7 Å². The van der Waals surface area contributed by atoms with Crippen LogP contribution in [0, 0.1) is 0 Å². The molecule has 7 nitrogen and oxygen atoms in total. The largest absolute Gasteiger partial charge is 0.338 e. The van der Waals surface area contributed by atoms with E-state index in [1.54, 1.807) is 35.5 Å². The summed E-state index contributed by atoms with van der Waals surface area (Å²) in [5.41, 5.74) is 1.32. The summed E-state index contributed by atoms with van der Waals surface area (Å²) >= 11 is 12.0. The molecular formula is C19H17Cl2N5O2. The van der Waals surface area contributed by atoms with Crippen LogP contribution in [0.3, 0.4) is 0 Å². The first kappa shape index (κ1) is 18.9. The van der Waals surface area contributed by atoms with Crippen LogP contribution in [0.25, 0.3) is 11.4 Å². The molecule has 4 rings (SSSR count). The molecule has 2 aromatic heterocycles. The second kappa shape index (κ2) is 8.26. The lowest BCUT2D eigenvalue weighted by atomic mass is 10.2. The number of nitrogens with zero attached hydrogens (tertiary/aromatic N) is 5. The van der Waals surface area contributed by atoms with Gasteiger partial charge < -0.3 is 9.42 Å². The highest BCUT2D eigenvalue weighted by Crippen LogP contribution is 2.21. The number of pyridine rings is 1. The Labute approximate surface area is 171 Å². The number of rotatable bonds is 4. The molecule has 1 saturated heterocycles. The molecule has 1 aliphatic rings. The highest BCUT2D eigenvalue weighted by molar-refractivity contribution is 6.35. The summed E-state index contributed by atoms with van der Waals surface area (Å²) in [7, 11) is 0. The number of hydrogen-bond donors (Lipinski definition) is 0. The molecule has 28 heavy (non-hydrogen) atoms. The van der Waals surface area contributed by atoms with Crippen molar-refractivity contribution in [1.82, 2.24) is 24.9 Å². The lowest BCUT2D eigenvalue weighted by molar-refractivity contribution is 0.0615. The summed E-state index contributed by atoms with van der Waals surface area (Å²) in [6, 6.07) is 8.60. The van der Waals surface area contributed by atoms with Gasteiger partial charge in [-0.1, -0.05) is 28.4 Å². The average Bonchev–Trinajstić information content (AvgIpc) is 3.16. The van der Waals surface area contributed by atoms with Crippen LogP contribution < -0.4 is 0 Å². The molecular weight excluding hydrogens is 401 g/mol. The highest BCUT2D eigenvalue weighted by atomic mass is 35.5. The molecule has 3 heterocycles. The Hall–Kier alpha value is -2.48. The predicted octanol–water partition coefficient (Wildman–Crippen LogP) is 3.40. The lowest BCUT2D eigenvalue weighted by Gasteiger charge is -2.34. The summed E-state index contributed by atoms with van der Waals surface area (Å²) < 4.78 is 5.35. The maximum Gasteiger partial charge on any atom is 0.254 e. The number of amides is 1. The fraction of sp³-hybridized carbons (Fsp3) is 0.263.